The molecule has 0 fully saturated rings. The van der Waals surface area contributed by atoms with E-state index in [1.807, 2.05) is 0 Å². The molecule has 10 heavy (non-hydrogen) atoms. The molecule has 1 rings (SSSR count). The fourth-order valence-corrected chi connectivity index (χ4v) is 0.572. The Kier molecular flexibility index (Phi) is 1.37. The van der Waals surface area contributed by atoms with E-state index in [4.69, 9.17) is 0 Å². The molecule has 0 spiro atoms. The molecule has 0 aromatic carbocycles. The van der Waals surface area contributed by atoms with Gasteiger partial charge in [0.25, 0.3) is 5.95 Å². The molecule has 0 aliphatic carbocycles. The minimum atomic E-state index is -0.998. The average Bonchev–Trinajstić information content (AvgIpc) is 2.10. The molecule has 1 aromatic heterocycles. The summed E-state index contributed by atoms with van der Waals surface area (Å²) in [5.41, 5.74) is 0. The number of aryl methyl sites for hydroxylation is 1. The van der Waals surface area contributed by atoms with Crippen molar-refractivity contribution in [3.8, 4) is 0 Å². The van der Waals surface area contributed by atoms with E-state index < -0.39 is 16.7 Å². The zero-order valence-electron chi connectivity index (χ0n) is 5.09. The van der Waals surface area contributed by atoms with E-state index in [1.165, 1.54) is 6.92 Å². The number of aromatic nitrogens is 2. The summed E-state index contributed by atoms with van der Waals surface area (Å²) in [6, 6.07) is 0. The molecule has 0 amide bonds. The number of nitro groups is 1. The lowest BCUT2D eigenvalue weighted by Gasteiger charge is -1.83. The quantitative estimate of drug-likeness (QED) is 0.468. The van der Waals surface area contributed by atoms with Crippen LogP contribution in [0.1, 0.15) is 5.82 Å². The Labute approximate surface area is 55.0 Å². The van der Waals surface area contributed by atoms with Crippen molar-refractivity contribution in [3.63, 3.8) is 0 Å². The minimum Gasteiger partial charge on any atom is -0.358 e. The summed E-state index contributed by atoms with van der Waals surface area (Å²) in [7, 11) is 0. The van der Waals surface area contributed by atoms with Crippen LogP contribution in [0.4, 0.5) is 10.2 Å². The Morgan fingerprint density at radius 1 is 1.80 bits per heavy atom. The normalized spacial score (nSPS) is 9.80. The zero-order chi connectivity index (χ0) is 7.72. The first-order valence-corrected chi connectivity index (χ1v) is 2.47. The van der Waals surface area contributed by atoms with Crippen LogP contribution in [0.2, 0.25) is 0 Å². The summed E-state index contributed by atoms with van der Waals surface area (Å²) >= 11 is 0. The van der Waals surface area contributed by atoms with Crippen LogP contribution in [0, 0.1) is 23.0 Å². The maximum absolute atomic E-state index is 12.3. The highest BCUT2D eigenvalue weighted by Gasteiger charge is 2.18. The van der Waals surface area contributed by atoms with Gasteiger partial charge in [0.05, 0.1) is 0 Å². The molecule has 0 radical (unpaired) electrons. The number of imidazole rings is 1. The molecule has 1 N–H and O–H groups in total. The van der Waals surface area contributed by atoms with Crippen LogP contribution in [0.5, 0.6) is 0 Å². The number of nitrogens with one attached hydrogen (secondary N) is 1. The summed E-state index contributed by atoms with van der Waals surface area (Å²) in [5.74, 6) is -1.55. The highest BCUT2D eigenvalue weighted by Crippen LogP contribution is 2.11. The van der Waals surface area contributed by atoms with Crippen molar-refractivity contribution in [3.05, 3.63) is 21.9 Å². The fraction of sp³-hybridized carbons (Fsp3) is 0.250. The molecule has 0 aliphatic heterocycles. The average molecular weight is 145 g/mol. The maximum Gasteiger partial charge on any atom is 0.419 e. The van der Waals surface area contributed by atoms with Gasteiger partial charge in [0.15, 0.2) is 0 Å². The Bertz CT molecular complexity index is 269. The fourth-order valence-electron chi connectivity index (χ4n) is 0.572. The van der Waals surface area contributed by atoms with Crippen LogP contribution in [0.15, 0.2) is 0 Å². The van der Waals surface area contributed by atoms with E-state index in [0.717, 1.165) is 0 Å². The van der Waals surface area contributed by atoms with Crippen molar-refractivity contribution in [1.82, 2.24) is 9.97 Å². The predicted molar refractivity (Wildman–Crippen MR) is 29.9 cm³/mol. The summed E-state index contributed by atoms with van der Waals surface area (Å²) in [6.45, 7) is 1.44. The summed E-state index contributed by atoms with van der Waals surface area (Å²) in [6.07, 6.45) is 0. The molecule has 6 heteroatoms. The SMILES string of the molecule is Cc1nc([N+](=O)[O-])c(F)[nH]1. The van der Waals surface area contributed by atoms with E-state index >= 15 is 0 Å². The highest BCUT2D eigenvalue weighted by molar-refractivity contribution is 5.16. The third kappa shape index (κ3) is 0.949. The largest absolute Gasteiger partial charge is 0.419 e. The molecule has 0 saturated carbocycles. The van der Waals surface area contributed by atoms with Crippen molar-refractivity contribution in [2.24, 2.45) is 0 Å². The van der Waals surface area contributed by atoms with Crippen LogP contribution in [0.3, 0.4) is 0 Å². The van der Waals surface area contributed by atoms with Gasteiger partial charge in [-0.3, -0.25) is 4.98 Å². The zero-order valence-corrected chi connectivity index (χ0v) is 5.09. The molecule has 1 aromatic rings. The van der Waals surface area contributed by atoms with Gasteiger partial charge in [0, 0.05) is 6.92 Å². The van der Waals surface area contributed by atoms with Gasteiger partial charge < -0.3 is 10.1 Å². The summed E-state index contributed by atoms with van der Waals surface area (Å²) in [5, 5.41) is 9.92. The minimum absolute atomic E-state index is 0.198. The number of nitrogens with zero attached hydrogens (tertiary/aromatic N) is 2. The second kappa shape index (κ2) is 2.05. The second-order valence-electron chi connectivity index (χ2n) is 1.72. The van der Waals surface area contributed by atoms with E-state index in [0.29, 0.717) is 0 Å². The number of hydrogen-bond acceptors (Lipinski definition) is 3. The Morgan fingerprint density at radius 2 is 2.40 bits per heavy atom. The highest BCUT2D eigenvalue weighted by atomic mass is 19.1. The standard InChI is InChI=1S/C4H4FN3O2/c1-2-6-3(5)4(7-2)8(9)10/h1H3,(H,6,7). The van der Waals surface area contributed by atoms with Crippen LogP contribution >= 0.6 is 0 Å². The number of halogens is 1. The molecule has 0 aliphatic rings. The first-order valence-electron chi connectivity index (χ1n) is 2.47. The van der Waals surface area contributed by atoms with Gasteiger partial charge in [-0.15, -0.1) is 0 Å². The number of H-pyrrole nitrogens is 1. The number of aromatic amines is 1. The van der Waals surface area contributed by atoms with Crippen LogP contribution in [0.25, 0.3) is 0 Å². The van der Waals surface area contributed by atoms with Crippen LogP contribution < -0.4 is 0 Å². The van der Waals surface area contributed by atoms with Crippen LogP contribution in [-0.4, -0.2) is 14.9 Å². The van der Waals surface area contributed by atoms with Gasteiger partial charge in [0.2, 0.25) is 5.82 Å². The van der Waals surface area contributed by atoms with Gasteiger partial charge >= 0.3 is 5.82 Å². The molecular formula is C4H4FN3O2. The van der Waals surface area contributed by atoms with Gasteiger partial charge in [-0.05, 0) is 9.91 Å². The molecule has 0 unspecified atom stereocenters. The lowest BCUT2D eigenvalue weighted by atomic mass is 10.7. The molecule has 1 heterocycles. The predicted octanol–water partition coefficient (Wildman–Crippen LogP) is 0.765. The number of rotatable bonds is 1. The summed E-state index contributed by atoms with van der Waals surface area (Å²) < 4.78 is 12.3. The van der Waals surface area contributed by atoms with Crippen LogP contribution in [-0.2, 0) is 0 Å². The molecular weight excluding hydrogens is 141 g/mol. The van der Waals surface area contributed by atoms with Crippen molar-refractivity contribution < 1.29 is 9.31 Å². The lowest BCUT2D eigenvalue weighted by Crippen LogP contribution is -1.90. The molecule has 54 valence electrons. The molecule has 0 saturated heterocycles. The van der Waals surface area contributed by atoms with Gasteiger partial charge in [0.1, 0.15) is 0 Å². The smallest absolute Gasteiger partial charge is 0.358 e. The Balaban J connectivity index is 3.15. The van der Waals surface area contributed by atoms with Crippen molar-refractivity contribution in [1.29, 1.82) is 0 Å². The maximum atomic E-state index is 12.3. The Morgan fingerprint density at radius 3 is 2.60 bits per heavy atom. The third-order valence-electron chi connectivity index (χ3n) is 0.934. The van der Waals surface area contributed by atoms with E-state index in [9.17, 15) is 14.5 Å². The van der Waals surface area contributed by atoms with Crippen molar-refractivity contribution >= 4 is 5.82 Å². The first-order chi connectivity index (χ1) is 4.61. The van der Waals surface area contributed by atoms with Gasteiger partial charge in [-0.1, -0.05) is 0 Å². The van der Waals surface area contributed by atoms with Crippen molar-refractivity contribution in [2.75, 3.05) is 0 Å². The first kappa shape index (κ1) is 6.66. The summed E-state index contributed by atoms with van der Waals surface area (Å²) in [4.78, 5) is 14.4. The van der Waals surface area contributed by atoms with E-state index in [2.05, 4.69) is 9.97 Å². The van der Waals surface area contributed by atoms with Gasteiger partial charge in [-0.25, -0.2) is 0 Å². The lowest BCUT2D eigenvalue weighted by molar-refractivity contribution is -0.392. The molecule has 0 bridgehead atoms. The van der Waals surface area contributed by atoms with E-state index in [1.54, 1.807) is 0 Å². The second-order valence-corrected chi connectivity index (χ2v) is 1.72. The molecule has 0 atom stereocenters. The van der Waals surface area contributed by atoms with E-state index in [-0.39, 0.29) is 5.82 Å². The monoisotopic (exact) mass is 145 g/mol. The Hall–Kier alpha value is -1.46. The third-order valence-corrected chi connectivity index (χ3v) is 0.934. The van der Waals surface area contributed by atoms with Crippen molar-refractivity contribution in [2.45, 2.75) is 6.92 Å². The molecule has 5 nitrogen and oxygen atoms in total. The number of hydrogen-bond donors (Lipinski definition) is 1. The topological polar surface area (TPSA) is 71.8 Å². The van der Waals surface area contributed by atoms with Gasteiger partial charge in [-0.2, -0.15) is 4.39 Å².